The SMILES string of the molecule is O=C(CCCl)NCC(O)Cn1ccccc1=O. The lowest BCUT2D eigenvalue weighted by Gasteiger charge is -2.13. The van der Waals surface area contributed by atoms with E-state index in [1.54, 1.807) is 18.3 Å². The number of amides is 1. The third-order valence-electron chi connectivity index (χ3n) is 2.16. The molecule has 6 heteroatoms. The molecule has 5 nitrogen and oxygen atoms in total. The lowest BCUT2D eigenvalue weighted by atomic mass is 10.3. The van der Waals surface area contributed by atoms with Gasteiger partial charge in [-0.2, -0.15) is 0 Å². The van der Waals surface area contributed by atoms with Gasteiger partial charge in [-0.15, -0.1) is 11.6 Å². The van der Waals surface area contributed by atoms with E-state index in [2.05, 4.69) is 5.32 Å². The number of carbonyl (C=O) groups excluding carboxylic acids is 1. The lowest BCUT2D eigenvalue weighted by molar-refractivity contribution is -0.121. The highest BCUT2D eigenvalue weighted by molar-refractivity contribution is 6.18. The summed E-state index contributed by atoms with van der Waals surface area (Å²) in [5, 5.41) is 12.2. The molecule has 1 rings (SSSR count). The minimum atomic E-state index is -0.797. The number of halogens is 1. The Bertz CT molecular complexity index is 419. The van der Waals surface area contributed by atoms with Crippen molar-refractivity contribution in [3.63, 3.8) is 0 Å². The van der Waals surface area contributed by atoms with Crippen LogP contribution in [0.25, 0.3) is 0 Å². The minimum absolute atomic E-state index is 0.108. The van der Waals surface area contributed by atoms with E-state index in [4.69, 9.17) is 11.6 Å². The Morgan fingerprint density at radius 2 is 2.29 bits per heavy atom. The summed E-state index contributed by atoms with van der Waals surface area (Å²) in [6, 6.07) is 4.76. The van der Waals surface area contributed by atoms with Crippen LogP contribution in [0, 0.1) is 0 Å². The maximum atomic E-state index is 11.3. The molecule has 0 saturated heterocycles. The van der Waals surface area contributed by atoms with Gasteiger partial charge in [-0.3, -0.25) is 9.59 Å². The van der Waals surface area contributed by atoms with Crippen molar-refractivity contribution < 1.29 is 9.90 Å². The van der Waals surface area contributed by atoms with Gasteiger partial charge in [0.05, 0.1) is 12.6 Å². The maximum absolute atomic E-state index is 11.3. The van der Waals surface area contributed by atoms with E-state index in [-0.39, 0.29) is 36.9 Å². The van der Waals surface area contributed by atoms with Gasteiger partial charge in [0.15, 0.2) is 0 Å². The van der Waals surface area contributed by atoms with Crippen molar-refractivity contribution >= 4 is 17.5 Å². The molecule has 0 saturated carbocycles. The molecule has 1 aromatic rings. The number of aliphatic hydroxyl groups excluding tert-OH is 1. The fourth-order valence-corrected chi connectivity index (χ4v) is 1.48. The van der Waals surface area contributed by atoms with Gasteiger partial charge in [-0.05, 0) is 6.07 Å². The molecule has 0 aliphatic rings. The number of aliphatic hydroxyl groups is 1. The fourth-order valence-electron chi connectivity index (χ4n) is 1.31. The highest BCUT2D eigenvalue weighted by Crippen LogP contribution is 1.90. The molecule has 1 unspecified atom stereocenters. The van der Waals surface area contributed by atoms with Crippen molar-refractivity contribution in [2.75, 3.05) is 12.4 Å². The van der Waals surface area contributed by atoms with E-state index in [1.807, 2.05) is 0 Å². The zero-order valence-corrected chi connectivity index (χ0v) is 10.1. The Labute approximate surface area is 104 Å². The predicted molar refractivity (Wildman–Crippen MR) is 65.1 cm³/mol. The minimum Gasteiger partial charge on any atom is -0.389 e. The summed E-state index contributed by atoms with van der Waals surface area (Å²) >= 11 is 5.39. The number of hydrogen-bond acceptors (Lipinski definition) is 3. The Balaban J connectivity index is 2.40. The van der Waals surface area contributed by atoms with Gasteiger partial charge in [-0.25, -0.2) is 0 Å². The van der Waals surface area contributed by atoms with E-state index in [0.717, 1.165) is 0 Å². The Morgan fingerprint density at radius 3 is 2.94 bits per heavy atom. The molecule has 0 aromatic carbocycles. The number of nitrogens with zero attached hydrogens (tertiary/aromatic N) is 1. The van der Waals surface area contributed by atoms with Crippen LogP contribution in [0.1, 0.15) is 6.42 Å². The summed E-state index contributed by atoms with van der Waals surface area (Å²) in [7, 11) is 0. The van der Waals surface area contributed by atoms with Crippen LogP contribution in [-0.4, -0.2) is 34.1 Å². The second kappa shape index (κ2) is 7.09. The Morgan fingerprint density at radius 1 is 1.53 bits per heavy atom. The van der Waals surface area contributed by atoms with Crippen molar-refractivity contribution in [1.82, 2.24) is 9.88 Å². The van der Waals surface area contributed by atoms with Crippen LogP contribution in [0.2, 0.25) is 0 Å². The molecule has 17 heavy (non-hydrogen) atoms. The molecule has 1 heterocycles. The van der Waals surface area contributed by atoms with E-state index >= 15 is 0 Å². The smallest absolute Gasteiger partial charge is 0.250 e. The Kier molecular flexibility index (Phi) is 5.72. The molecule has 0 spiro atoms. The van der Waals surface area contributed by atoms with Gasteiger partial charge in [0.25, 0.3) is 5.56 Å². The predicted octanol–water partition coefficient (Wildman–Crippen LogP) is -0.0457. The molecule has 0 radical (unpaired) electrons. The average Bonchev–Trinajstić information content (AvgIpc) is 2.30. The first-order chi connectivity index (χ1) is 8.13. The number of alkyl halides is 1. The van der Waals surface area contributed by atoms with Crippen molar-refractivity contribution in [3.8, 4) is 0 Å². The molecule has 1 amide bonds. The molecule has 0 aliphatic heterocycles. The number of aromatic nitrogens is 1. The quantitative estimate of drug-likeness (QED) is 0.703. The van der Waals surface area contributed by atoms with Gasteiger partial charge in [0, 0.05) is 31.1 Å². The van der Waals surface area contributed by atoms with Crippen LogP contribution >= 0.6 is 11.6 Å². The van der Waals surface area contributed by atoms with Gasteiger partial charge in [0.1, 0.15) is 0 Å². The van der Waals surface area contributed by atoms with Gasteiger partial charge in [0.2, 0.25) is 5.91 Å². The largest absolute Gasteiger partial charge is 0.389 e. The highest BCUT2D eigenvalue weighted by atomic mass is 35.5. The van der Waals surface area contributed by atoms with E-state index in [0.29, 0.717) is 0 Å². The number of pyridine rings is 1. The van der Waals surface area contributed by atoms with Crippen molar-refractivity contribution in [2.24, 2.45) is 0 Å². The normalized spacial score (nSPS) is 12.1. The van der Waals surface area contributed by atoms with E-state index in [9.17, 15) is 14.7 Å². The van der Waals surface area contributed by atoms with Crippen molar-refractivity contribution in [3.05, 3.63) is 34.7 Å². The number of carbonyl (C=O) groups is 1. The molecule has 0 aliphatic carbocycles. The van der Waals surface area contributed by atoms with Crippen molar-refractivity contribution in [1.29, 1.82) is 0 Å². The summed E-state index contributed by atoms with van der Waals surface area (Å²) < 4.78 is 1.39. The monoisotopic (exact) mass is 258 g/mol. The topological polar surface area (TPSA) is 71.3 Å². The third kappa shape index (κ3) is 5.01. The molecular weight excluding hydrogens is 244 g/mol. The number of hydrogen-bond donors (Lipinski definition) is 2. The zero-order chi connectivity index (χ0) is 12.7. The number of nitrogens with one attached hydrogen (secondary N) is 1. The summed E-state index contributed by atoms with van der Waals surface area (Å²) in [5.74, 6) is 0.0412. The zero-order valence-electron chi connectivity index (χ0n) is 9.30. The molecule has 94 valence electrons. The maximum Gasteiger partial charge on any atom is 0.250 e. The molecule has 2 N–H and O–H groups in total. The molecular formula is C11H15ClN2O3. The third-order valence-corrected chi connectivity index (χ3v) is 2.35. The van der Waals surface area contributed by atoms with Crippen LogP contribution in [0.4, 0.5) is 0 Å². The van der Waals surface area contributed by atoms with Crippen LogP contribution in [0.15, 0.2) is 29.2 Å². The first-order valence-corrected chi connectivity index (χ1v) is 5.83. The van der Waals surface area contributed by atoms with Crippen LogP contribution in [0.3, 0.4) is 0 Å². The molecule has 0 fully saturated rings. The molecule has 1 atom stereocenters. The molecule has 1 aromatic heterocycles. The number of rotatable bonds is 6. The highest BCUT2D eigenvalue weighted by Gasteiger charge is 2.07. The van der Waals surface area contributed by atoms with Gasteiger partial charge in [-0.1, -0.05) is 6.07 Å². The van der Waals surface area contributed by atoms with Crippen LogP contribution < -0.4 is 10.9 Å². The standard InChI is InChI=1S/C11H15ClN2O3/c12-5-4-10(16)13-7-9(15)8-14-6-2-1-3-11(14)17/h1-3,6,9,15H,4-5,7-8H2,(H,13,16). The Hall–Kier alpha value is -1.33. The van der Waals surface area contributed by atoms with Gasteiger partial charge < -0.3 is 15.0 Å². The first-order valence-electron chi connectivity index (χ1n) is 5.29. The van der Waals surface area contributed by atoms with Crippen LogP contribution in [-0.2, 0) is 11.3 Å². The van der Waals surface area contributed by atoms with Crippen LogP contribution in [0.5, 0.6) is 0 Å². The summed E-state index contributed by atoms with van der Waals surface area (Å²) in [4.78, 5) is 22.4. The van der Waals surface area contributed by atoms with Crippen molar-refractivity contribution in [2.45, 2.75) is 19.1 Å². The second-order valence-corrected chi connectivity index (χ2v) is 3.97. The summed E-state index contributed by atoms with van der Waals surface area (Å²) in [5.41, 5.74) is -0.182. The van der Waals surface area contributed by atoms with E-state index < -0.39 is 6.10 Å². The summed E-state index contributed by atoms with van der Waals surface area (Å²) in [6.45, 7) is 0.262. The average molecular weight is 259 g/mol. The summed E-state index contributed by atoms with van der Waals surface area (Å²) in [6.07, 6.45) is 1.01. The second-order valence-electron chi connectivity index (χ2n) is 3.59. The fraction of sp³-hybridized carbons (Fsp3) is 0.455. The van der Waals surface area contributed by atoms with Gasteiger partial charge >= 0.3 is 0 Å². The van der Waals surface area contributed by atoms with E-state index in [1.165, 1.54) is 10.6 Å². The molecule has 0 bridgehead atoms. The lowest BCUT2D eigenvalue weighted by Crippen LogP contribution is -2.36. The first kappa shape index (κ1) is 13.7.